The fraction of sp³-hybridized carbons (Fsp3) is 0.462. The van der Waals surface area contributed by atoms with E-state index in [1.165, 1.54) is 11.1 Å². The number of guanidine groups is 1. The van der Waals surface area contributed by atoms with Gasteiger partial charge in [0.2, 0.25) is 5.91 Å². The zero-order valence-electron chi connectivity index (χ0n) is 19.1. The molecule has 2 N–H and O–H groups in total. The van der Waals surface area contributed by atoms with E-state index in [1.807, 2.05) is 36.1 Å². The van der Waals surface area contributed by atoms with E-state index in [-0.39, 0.29) is 5.91 Å². The van der Waals surface area contributed by atoms with E-state index >= 15 is 0 Å². The number of anilines is 1. The van der Waals surface area contributed by atoms with Crippen molar-refractivity contribution in [3.8, 4) is 0 Å². The molecule has 0 aromatic heterocycles. The summed E-state index contributed by atoms with van der Waals surface area (Å²) >= 11 is 0. The van der Waals surface area contributed by atoms with Crippen LogP contribution in [0.2, 0.25) is 0 Å². The van der Waals surface area contributed by atoms with Crippen LogP contribution in [0.3, 0.4) is 0 Å². The molecule has 2 aliphatic rings. The third-order valence-corrected chi connectivity index (χ3v) is 6.46. The number of amides is 1. The second-order valence-corrected chi connectivity index (χ2v) is 8.76. The Hall–Kier alpha value is -2.86. The number of aryl methyl sites for hydroxylation is 1. The average molecular weight is 435 g/mol. The van der Waals surface area contributed by atoms with Crippen molar-refractivity contribution in [1.82, 2.24) is 10.2 Å². The van der Waals surface area contributed by atoms with E-state index in [4.69, 9.17) is 4.99 Å². The molecule has 2 aliphatic heterocycles. The second kappa shape index (κ2) is 10.2. The number of para-hydroxylation sites is 1. The van der Waals surface area contributed by atoms with E-state index in [0.717, 1.165) is 56.2 Å². The number of nitrogens with one attached hydrogen (secondary N) is 1. The molecule has 0 radical (unpaired) electrons. The first kappa shape index (κ1) is 22.3. The molecule has 2 aromatic carbocycles. The SMILES string of the molecule is CCNC(=NCC(O)c1ccc(C)cc1)N1CC(CCN2CCCC2=O)c2ccccc21. The molecule has 6 heteroatoms. The Labute approximate surface area is 191 Å². The van der Waals surface area contributed by atoms with Crippen LogP contribution in [0.5, 0.6) is 0 Å². The average Bonchev–Trinajstić information content (AvgIpc) is 3.38. The van der Waals surface area contributed by atoms with Crippen LogP contribution in [-0.2, 0) is 4.79 Å². The van der Waals surface area contributed by atoms with E-state index in [0.29, 0.717) is 18.9 Å². The van der Waals surface area contributed by atoms with Crippen LogP contribution < -0.4 is 10.2 Å². The molecular formula is C26H34N4O2. The molecule has 1 saturated heterocycles. The van der Waals surface area contributed by atoms with Crippen LogP contribution in [0.4, 0.5) is 5.69 Å². The molecule has 0 aliphatic carbocycles. The first-order valence-corrected chi connectivity index (χ1v) is 11.7. The van der Waals surface area contributed by atoms with Gasteiger partial charge in [0.05, 0.1) is 12.6 Å². The smallest absolute Gasteiger partial charge is 0.222 e. The highest BCUT2D eigenvalue weighted by Crippen LogP contribution is 2.38. The highest BCUT2D eigenvalue weighted by atomic mass is 16.3. The summed E-state index contributed by atoms with van der Waals surface area (Å²) in [7, 11) is 0. The van der Waals surface area contributed by atoms with Gasteiger partial charge in [-0.05, 0) is 43.9 Å². The van der Waals surface area contributed by atoms with Gasteiger partial charge in [-0.1, -0.05) is 48.0 Å². The maximum Gasteiger partial charge on any atom is 0.222 e. The molecule has 2 unspecified atom stereocenters. The standard InChI is InChI=1S/C26H34N4O2/c1-3-27-26(28-17-24(31)20-12-10-19(2)11-13-20)30-18-21(22-7-4-5-8-23(22)30)14-16-29-15-6-9-25(29)32/h4-5,7-8,10-13,21,24,31H,3,6,9,14-18H2,1-2H3,(H,27,28). The van der Waals surface area contributed by atoms with Crippen LogP contribution in [0.1, 0.15) is 54.9 Å². The van der Waals surface area contributed by atoms with Gasteiger partial charge in [-0.2, -0.15) is 0 Å². The third kappa shape index (κ3) is 4.96. The highest BCUT2D eigenvalue weighted by molar-refractivity contribution is 5.98. The summed E-state index contributed by atoms with van der Waals surface area (Å²) in [5.41, 5.74) is 4.52. The lowest BCUT2D eigenvalue weighted by Gasteiger charge is -2.24. The Morgan fingerprint density at radius 1 is 1.22 bits per heavy atom. The van der Waals surface area contributed by atoms with E-state index in [9.17, 15) is 9.90 Å². The fourth-order valence-electron chi connectivity index (χ4n) is 4.66. The Morgan fingerprint density at radius 2 is 2.00 bits per heavy atom. The van der Waals surface area contributed by atoms with Gasteiger partial charge in [0.1, 0.15) is 0 Å². The molecule has 0 spiro atoms. The highest BCUT2D eigenvalue weighted by Gasteiger charge is 2.32. The Bertz CT molecular complexity index is 957. The number of nitrogens with zero attached hydrogens (tertiary/aromatic N) is 3. The largest absolute Gasteiger partial charge is 0.386 e. The summed E-state index contributed by atoms with van der Waals surface area (Å²) in [6.45, 7) is 7.68. The van der Waals surface area contributed by atoms with Gasteiger partial charge in [0.25, 0.3) is 0 Å². The van der Waals surface area contributed by atoms with Crippen molar-refractivity contribution in [2.24, 2.45) is 4.99 Å². The van der Waals surface area contributed by atoms with Crippen molar-refractivity contribution in [2.75, 3.05) is 37.6 Å². The number of carbonyl (C=O) groups excluding carboxylic acids is 1. The van der Waals surface area contributed by atoms with E-state index in [2.05, 4.69) is 41.4 Å². The Kier molecular flexibility index (Phi) is 7.10. The molecule has 2 atom stereocenters. The fourth-order valence-corrected chi connectivity index (χ4v) is 4.66. The molecular weight excluding hydrogens is 400 g/mol. The first-order valence-electron chi connectivity index (χ1n) is 11.7. The number of aliphatic imine (C=N–C) groups is 1. The summed E-state index contributed by atoms with van der Waals surface area (Å²) in [5.74, 6) is 1.43. The van der Waals surface area contributed by atoms with Crippen LogP contribution in [0.15, 0.2) is 53.5 Å². The minimum atomic E-state index is -0.640. The maximum absolute atomic E-state index is 12.0. The number of aliphatic hydroxyl groups excluding tert-OH is 1. The Morgan fingerprint density at radius 3 is 2.72 bits per heavy atom. The molecule has 4 rings (SSSR count). The van der Waals surface area contributed by atoms with E-state index < -0.39 is 6.10 Å². The zero-order chi connectivity index (χ0) is 22.5. The zero-order valence-corrected chi connectivity index (χ0v) is 19.1. The molecule has 32 heavy (non-hydrogen) atoms. The van der Waals surface area contributed by atoms with Crippen molar-refractivity contribution in [3.05, 3.63) is 65.2 Å². The second-order valence-electron chi connectivity index (χ2n) is 8.76. The molecule has 0 bridgehead atoms. The lowest BCUT2D eigenvalue weighted by Crippen LogP contribution is -2.41. The summed E-state index contributed by atoms with van der Waals surface area (Å²) in [4.78, 5) is 21.1. The molecule has 6 nitrogen and oxygen atoms in total. The predicted octanol–water partition coefficient (Wildman–Crippen LogP) is 3.61. The molecule has 1 amide bonds. The quantitative estimate of drug-likeness (QED) is 0.516. The molecule has 2 aromatic rings. The number of rotatable bonds is 7. The van der Waals surface area contributed by atoms with Crippen molar-refractivity contribution >= 4 is 17.6 Å². The number of carbonyl (C=O) groups is 1. The predicted molar refractivity (Wildman–Crippen MR) is 129 cm³/mol. The maximum atomic E-state index is 12.0. The third-order valence-electron chi connectivity index (χ3n) is 6.46. The number of benzene rings is 2. The molecule has 170 valence electrons. The van der Waals surface area contributed by atoms with Crippen molar-refractivity contribution in [3.63, 3.8) is 0 Å². The minimum absolute atomic E-state index is 0.285. The van der Waals surface area contributed by atoms with Crippen LogP contribution in [0, 0.1) is 6.92 Å². The summed E-state index contributed by atoms with van der Waals surface area (Å²) < 4.78 is 0. The monoisotopic (exact) mass is 434 g/mol. The number of hydrogen-bond acceptors (Lipinski definition) is 3. The summed E-state index contributed by atoms with van der Waals surface area (Å²) in [5, 5.41) is 14.1. The number of likely N-dealkylation sites (tertiary alicyclic amines) is 1. The topological polar surface area (TPSA) is 68.2 Å². The molecule has 2 heterocycles. The van der Waals surface area contributed by atoms with Crippen LogP contribution in [-0.4, -0.2) is 54.6 Å². The molecule has 0 saturated carbocycles. The van der Waals surface area contributed by atoms with E-state index in [1.54, 1.807) is 0 Å². The van der Waals surface area contributed by atoms with Gasteiger partial charge in [-0.25, -0.2) is 4.99 Å². The Balaban J connectivity index is 1.49. The first-order chi connectivity index (χ1) is 15.6. The summed E-state index contributed by atoms with van der Waals surface area (Å²) in [6, 6.07) is 16.4. The lowest BCUT2D eigenvalue weighted by molar-refractivity contribution is -0.127. The van der Waals surface area contributed by atoms with Crippen molar-refractivity contribution in [1.29, 1.82) is 0 Å². The lowest BCUT2D eigenvalue weighted by atomic mass is 9.98. The van der Waals surface area contributed by atoms with Crippen molar-refractivity contribution in [2.45, 2.75) is 45.1 Å². The van der Waals surface area contributed by atoms with Gasteiger partial charge < -0.3 is 20.2 Å². The number of aliphatic hydroxyl groups is 1. The van der Waals surface area contributed by atoms with Crippen LogP contribution >= 0.6 is 0 Å². The summed E-state index contributed by atoms with van der Waals surface area (Å²) in [6.07, 6.45) is 1.98. The number of hydrogen-bond donors (Lipinski definition) is 2. The van der Waals surface area contributed by atoms with Gasteiger partial charge in [0, 0.05) is 44.2 Å². The van der Waals surface area contributed by atoms with Gasteiger partial charge >= 0.3 is 0 Å². The number of fused-ring (bicyclic) bond motifs is 1. The van der Waals surface area contributed by atoms with Gasteiger partial charge in [-0.3, -0.25) is 4.79 Å². The van der Waals surface area contributed by atoms with Gasteiger partial charge in [0.15, 0.2) is 5.96 Å². The van der Waals surface area contributed by atoms with Crippen LogP contribution in [0.25, 0.3) is 0 Å². The van der Waals surface area contributed by atoms with Gasteiger partial charge in [-0.15, -0.1) is 0 Å². The van der Waals surface area contributed by atoms with Crippen molar-refractivity contribution < 1.29 is 9.90 Å². The normalized spacial score (nSPS) is 19.4. The minimum Gasteiger partial charge on any atom is -0.386 e. The molecule has 1 fully saturated rings.